The van der Waals surface area contributed by atoms with Crippen LogP contribution in [0.4, 0.5) is 13.2 Å². The summed E-state index contributed by atoms with van der Waals surface area (Å²) < 4.78 is 59.4. The molecule has 33 heavy (non-hydrogen) atoms. The van der Waals surface area contributed by atoms with Crippen molar-refractivity contribution in [2.24, 2.45) is 5.14 Å². The van der Waals surface area contributed by atoms with Crippen molar-refractivity contribution >= 4 is 21.8 Å². The topological polar surface area (TPSA) is 110 Å². The van der Waals surface area contributed by atoms with Crippen molar-refractivity contribution in [2.75, 3.05) is 6.54 Å². The lowest BCUT2D eigenvalue weighted by molar-refractivity contribution is -0.132. The fraction of sp³-hybridized carbons (Fsp3) is 0.364. The SMILES string of the molecule is NS(=O)(=O)c1ccc(CCC(=O)N(Cc2ccc(C(=O)NCC(F)(F)F)cc2)C2CC2)cc1. The molecule has 1 fully saturated rings. The van der Waals surface area contributed by atoms with Gasteiger partial charge in [0.25, 0.3) is 5.91 Å². The smallest absolute Gasteiger partial charge is 0.343 e. The number of alkyl halides is 3. The van der Waals surface area contributed by atoms with Crippen LogP contribution in [-0.4, -0.2) is 43.9 Å². The van der Waals surface area contributed by atoms with Gasteiger partial charge in [-0.2, -0.15) is 13.2 Å². The molecule has 0 aromatic heterocycles. The minimum atomic E-state index is -4.48. The Bertz CT molecular complexity index is 1100. The molecular weight excluding hydrogens is 459 g/mol. The lowest BCUT2D eigenvalue weighted by atomic mass is 10.1. The molecule has 7 nitrogen and oxygen atoms in total. The molecule has 2 aromatic rings. The normalized spacial score (nSPS) is 14.1. The third-order valence-electron chi connectivity index (χ3n) is 5.21. The van der Waals surface area contributed by atoms with E-state index in [1.54, 1.807) is 29.2 Å². The molecule has 0 radical (unpaired) electrons. The number of nitrogens with zero attached hydrogens (tertiary/aromatic N) is 1. The average molecular weight is 484 g/mol. The number of nitrogens with one attached hydrogen (secondary N) is 1. The number of amides is 2. The molecule has 0 spiro atoms. The second kappa shape index (κ2) is 9.92. The molecule has 3 N–H and O–H groups in total. The summed E-state index contributed by atoms with van der Waals surface area (Å²) in [7, 11) is -3.77. The summed E-state index contributed by atoms with van der Waals surface area (Å²) in [6.07, 6.45) is -2.02. The molecule has 0 unspecified atom stereocenters. The zero-order chi connectivity index (χ0) is 24.2. The quantitative estimate of drug-likeness (QED) is 0.572. The van der Waals surface area contributed by atoms with Gasteiger partial charge in [0, 0.05) is 24.6 Å². The van der Waals surface area contributed by atoms with Gasteiger partial charge in [-0.3, -0.25) is 9.59 Å². The summed E-state index contributed by atoms with van der Waals surface area (Å²) in [4.78, 5) is 26.4. The van der Waals surface area contributed by atoms with Crippen LogP contribution in [0.25, 0.3) is 0 Å². The molecule has 0 aliphatic heterocycles. The molecule has 1 saturated carbocycles. The minimum absolute atomic E-state index is 0.00715. The van der Waals surface area contributed by atoms with Crippen LogP contribution in [0.3, 0.4) is 0 Å². The van der Waals surface area contributed by atoms with Crippen LogP contribution in [0, 0.1) is 0 Å². The van der Waals surface area contributed by atoms with Crippen LogP contribution in [0.15, 0.2) is 53.4 Å². The number of hydrogen-bond acceptors (Lipinski definition) is 4. The number of rotatable bonds is 9. The Morgan fingerprint density at radius 3 is 2.09 bits per heavy atom. The Balaban J connectivity index is 1.57. The third-order valence-corrected chi connectivity index (χ3v) is 6.14. The van der Waals surface area contributed by atoms with Gasteiger partial charge < -0.3 is 10.2 Å². The lowest BCUT2D eigenvalue weighted by Crippen LogP contribution is -2.34. The molecule has 3 rings (SSSR count). The monoisotopic (exact) mass is 483 g/mol. The maximum absolute atomic E-state index is 12.8. The van der Waals surface area contributed by atoms with E-state index in [4.69, 9.17) is 5.14 Å². The summed E-state index contributed by atoms with van der Waals surface area (Å²) in [5.41, 5.74) is 1.68. The first-order valence-electron chi connectivity index (χ1n) is 10.3. The number of carbonyl (C=O) groups is 2. The van der Waals surface area contributed by atoms with Gasteiger partial charge in [-0.25, -0.2) is 13.6 Å². The average Bonchev–Trinajstić information content (AvgIpc) is 3.59. The number of aryl methyl sites for hydroxylation is 1. The predicted molar refractivity (Wildman–Crippen MR) is 115 cm³/mol. The fourth-order valence-corrected chi connectivity index (χ4v) is 3.80. The second-order valence-corrected chi connectivity index (χ2v) is 9.50. The number of benzene rings is 2. The van der Waals surface area contributed by atoms with E-state index < -0.39 is 28.7 Å². The van der Waals surface area contributed by atoms with Crippen molar-refractivity contribution < 1.29 is 31.2 Å². The van der Waals surface area contributed by atoms with Gasteiger partial charge in [0.2, 0.25) is 15.9 Å². The number of sulfonamides is 1. The number of hydrogen-bond donors (Lipinski definition) is 2. The maximum Gasteiger partial charge on any atom is 0.405 e. The first-order chi connectivity index (χ1) is 15.4. The molecule has 0 saturated heterocycles. The Morgan fingerprint density at radius 1 is 1.00 bits per heavy atom. The summed E-state index contributed by atoms with van der Waals surface area (Å²) in [6.45, 7) is -1.07. The first-order valence-corrected chi connectivity index (χ1v) is 11.8. The van der Waals surface area contributed by atoms with Crippen molar-refractivity contribution in [2.45, 2.75) is 49.3 Å². The van der Waals surface area contributed by atoms with Crippen LogP contribution < -0.4 is 10.5 Å². The van der Waals surface area contributed by atoms with E-state index in [2.05, 4.69) is 0 Å². The zero-order valence-electron chi connectivity index (χ0n) is 17.6. The second-order valence-electron chi connectivity index (χ2n) is 7.94. The van der Waals surface area contributed by atoms with Crippen molar-refractivity contribution in [1.82, 2.24) is 10.2 Å². The minimum Gasteiger partial charge on any atom is -0.343 e. The fourth-order valence-electron chi connectivity index (χ4n) is 3.29. The molecule has 0 atom stereocenters. The molecule has 11 heteroatoms. The molecule has 2 amide bonds. The van der Waals surface area contributed by atoms with Crippen LogP contribution >= 0.6 is 0 Å². The van der Waals surface area contributed by atoms with Gasteiger partial charge in [0.1, 0.15) is 6.54 Å². The van der Waals surface area contributed by atoms with E-state index in [0.717, 1.165) is 24.0 Å². The van der Waals surface area contributed by atoms with E-state index in [1.165, 1.54) is 24.3 Å². The molecule has 1 aliphatic rings. The number of nitrogens with two attached hydrogens (primary N) is 1. The Hall–Kier alpha value is -2.92. The predicted octanol–water partition coefficient (Wildman–Crippen LogP) is 2.75. The summed E-state index contributed by atoms with van der Waals surface area (Å²) in [6, 6.07) is 12.3. The van der Waals surface area contributed by atoms with Gasteiger partial charge in [-0.05, 0) is 54.7 Å². The highest BCUT2D eigenvalue weighted by molar-refractivity contribution is 7.89. The van der Waals surface area contributed by atoms with E-state index in [9.17, 15) is 31.2 Å². The van der Waals surface area contributed by atoms with Crippen LogP contribution in [0.5, 0.6) is 0 Å². The summed E-state index contributed by atoms with van der Waals surface area (Å²) in [5, 5.41) is 6.91. The van der Waals surface area contributed by atoms with Crippen LogP contribution in [-0.2, 0) is 27.8 Å². The molecule has 0 heterocycles. The summed E-state index contributed by atoms with van der Waals surface area (Å²) >= 11 is 0. The van der Waals surface area contributed by atoms with E-state index >= 15 is 0 Å². The third kappa shape index (κ3) is 7.57. The number of carbonyl (C=O) groups excluding carboxylic acids is 2. The van der Waals surface area contributed by atoms with Crippen molar-refractivity contribution in [1.29, 1.82) is 0 Å². The molecule has 2 aromatic carbocycles. The van der Waals surface area contributed by atoms with E-state index in [-0.39, 0.29) is 28.8 Å². The van der Waals surface area contributed by atoms with E-state index in [0.29, 0.717) is 13.0 Å². The Morgan fingerprint density at radius 2 is 1.58 bits per heavy atom. The van der Waals surface area contributed by atoms with Gasteiger partial charge in [0.15, 0.2) is 0 Å². The maximum atomic E-state index is 12.8. The highest BCUT2D eigenvalue weighted by Crippen LogP contribution is 2.29. The summed E-state index contributed by atoms with van der Waals surface area (Å²) in [5.74, 6) is -0.873. The Kier molecular flexibility index (Phi) is 7.43. The Labute approximate surface area is 189 Å². The number of halogens is 3. The highest BCUT2D eigenvalue weighted by atomic mass is 32.2. The van der Waals surface area contributed by atoms with E-state index in [1.807, 2.05) is 5.32 Å². The van der Waals surface area contributed by atoms with Crippen LogP contribution in [0.1, 0.15) is 40.7 Å². The number of primary sulfonamides is 1. The molecule has 178 valence electrons. The molecule has 0 bridgehead atoms. The van der Waals surface area contributed by atoms with Gasteiger partial charge >= 0.3 is 6.18 Å². The van der Waals surface area contributed by atoms with Crippen molar-refractivity contribution in [3.05, 3.63) is 65.2 Å². The first kappa shape index (κ1) is 24.7. The van der Waals surface area contributed by atoms with Gasteiger partial charge in [-0.15, -0.1) is 0 Å². The lowest BCUT2D eigenvalue weighted by Gasteiger charge is -2.23. The molecular formula is C22H24F3N3O4S. The highest BCUT2D eigenvalue weighted by Gasteiger charge is 2.32. The zero-order valence-corrected chi connectivity index (χ0v) is 18.5. The van der Waals surface area contributed by atoms with Gasteiger partial charge in [0.05, 0.1) is 4.90 Å². The largest absolute Gasteiger partial charge is 0.405 e. The van der Waals surface area contributed by atoms with Crippen LogP contribution in [0.2, 0.25) is 0 Å². The van der Waals surface area contributed by atoms with Crippen molar-refractivity contribution in [3.8, 4) is 0 Å². The molecule has 1 aliphatic carbocycles. The van der Waals surface area contributed by atoms with Crippen molar-refractivity contribution in [3.63, 3.8) is 0 Å². The van der Waals surface area contributed by atoms with Gasteiger partial charge in [-0.1, -0.05) is 24.3 Å². The standard InChI is InChI=1S/C22H24F3N3O4S/c23-22(24,25)14-27-21(30)17-6-1-16(2-7-17)13-28(18-8-9-18)20(29)12-5-15-3-10-19(11-4-15)33(26,31)32/h1-4,6-7,10-11,18H,5,8-9,12-14H2,(H,27,30)(H2,26,31,32).